The Morgan fingerprint density at radius 2 is 2.36 bits per heavy atom. The Labute approximate surface area is 134 Å². The average molecular weight is 322 g/mol. The second kappa shape index (κ2) is 6.14. The number of aromatic nitrogens is 2. The third-order valence-electron chi connectivity index (χ3n) is 3.88. The van der Waals surface area contributed by atoms with Gasteiger partial charge in [-0.2, -0.15) is 0 Å². The third kappa shape index (κ3) is 3.03. The van der Waals surface area contributed by atoms with Crippen molar-refractivity contribution in [3.8, 4) is 0 Å². The van der Waals surface area contributed by atoms with Crippen LogP contribution < -0.4 is 5.73 Å². The van der Waals surface area contributed by atoms with E-state index in [-0.39, 0.29) is 6.10 Å². The summed E-state index contributed by atoms with van der Waals surface area (Å²) in [6.45, 7) is 4.71. The van der Waals surface area contributed by atoms with Gasteiger partial charge in [-0.15, -0.1) is 0 Å². The van der Waals surface area contributed by atoms with Crippen molar-refractivity contribution in [3.05, 3.63) is 29.0 Å². The maximum atomic E-state index is 6.09. The Balaban J connectivity index is 1.78. The summed E-state index contributed by atoms with van der Waals surface area (Å²) in [6, 6.07) is 5.68. The first-order chi connectivity index (χ1) is 10.5. The van der Waals surface area contributed by atoms with E-state index < -0.39 is 0 Å². The van der Waals surface area contributed by atoms with Gasteiger partial charge >= 0.3 is 0 Å². The fraction of sp³-hybridized carbons (Fsp3) is 0.467. The molecular formula is C15H20ClN5O. The van der Waals surface area contributed by atoms with Crippen molar-refractivity contribution in [2.24, 2.45) is 17.8 Å². The van der Waals surface area contributed by atoms with E-state index >= 15 is 0 Å². The number of aryl methyl sites for hydroxylation is 1. The van der Waals surface area contributed by atoms with E-state index in [1.54, 1.807) is 0 Å². The van der Waals surface area contributed by atoms with Crippen LogP contribution in [0, 0.1) is 0 Å². The Morgan fingerprint density at radius 1 is 1.55 bits per heavy atom. The first-order valence-electron chi connectivity index (χ1n) is 7.32. The lowest BCUT2D eigenvalue weighted by Gasteiger charge is -2.31. The van der Waals surface area contributed by atoms with E-state index in [2.05, 4.69) is 9.98 Å². The van der Waals surface area contributed by atoms with Crippen LogP contribution in [0.15, 0.2) is 23.2 Å². The van der Waals surface area contributed by atoms with Crippen LogP contribution in [0.3, 0.4) is 0 Å². The van der Waals surface area contributed by atoms with Crippen LogP contribution in [0.25, 0.3) is 11.0 Å². The number of benzene rings is 1. The van der Waals surface area contributed by atoms with E-state index in [4.69, 9.17) is 22.1 Å². The first kappa shape index (κ1) is 15.1. The molecule has 1 aliphatic heterocycles. The molecule has 0 spiro atoms. The molecule has 0 radical (unpaired) electrons. The van der Waals surface area contributed by atoms with Crippen LogP contribution in [0.4, 0.5) is 0 Å². The number of ether oxygens (including phenoxy) is 1. The van der Waals surface area contributed by atoms with Crippen molar-refractivity contribution in [3.63, 3.8) is 0 Å². The van der Waals surface area contributed by atoms with E-state index in [9.17, 15) is 0 Å². The van der Waals surface area contributed by atoms with Gasteiger partial charge in [-0.1, -0.05) is 11.6 Å². The minimum atomic E-state index is 0.181. The molecule has 2 heterocycles. The fourth-order valence-corrected chi connectivity index (χ4v) is 2.81. The monoisotopic (exact) mass is 321 g/mol. The van der Waals surface area contributed by atoms with Crippen molar-refractivity contribution in [2.75, 3.05) is 19.7 Å². The predicted molar refractivity (Wildman–Crippen MR) is 88.0 cm³/mol. The van der Waals surface area contributed by atoms with Gasteiger partial charge in [0.1, 0.15) is 12.4 Å². The lowest BCUT2D eigenvalue weighted by atomic mass is 10.3. The highest BCUT2D eigenvalue weighted by Gasteiger charge is 2.18. The maximum absolute atomic E-state index is 6.09. The third-order valence-corrected chi connectivity index (χ3v) is 4.12. The molecular weight excluding hydrogens is 302 g/mol. The van der Waals surface area contributed by atoms with Crippen LogP contribution in [0.2, 0.25) is 5.02 Å². The van der Waals surface area contributed by atoms with E-state index in [0.717, 1.165) is 29.9 Å². The van der Waals surface area contributed by atoms with Crippen molar-refractivity contribution in [1.82, 2.24) is 14.5 Å². The number of rotatable bonds is 2. The quantitative estimate of drug-likeness (QED) is 0.676. The number of morpholine rings is 1. The summed E-state index contributed by atoms with van der Waals surface area (Å²) in [5.41, 5.74) is 8.00. The summed E-state index contributed by atoms with van der Waals surface area (Å²) < 4.78 is 7.53. The van der Waals surface area contributed by atoms with Crippen LogP contribution in [-0.2, 0) is 18.3 Å². The molecule has 1 atom stereocenters. The summed E-state index contributed by atoms with van der Waals surface area (Å²) in [5, 5.41) is 0.683. The van der Waals surface area contributed by atoms with Gasteiger partial charge in [-0.3, -0.25) is 0 Å². The molecule has 2 N–H and O–H groups in total. The second-order valence-corrected chi connectivity index (χ2v) is 5.96. The predicted octanol–water partition coefficient (Wildman–Crippen LogP) is 1.76. The van der Waals surface area contributed by atoms with Crippen molar-refractivity contribution in [2.45, 2.75) is 19.6 Å². The number of nitrogens with zero attached hydrogens (tertiary/aromatic N) is 4. The van der Waals surface area contributed by atoms with Gasteiger partial charge in [-0.25, -0.2) is 9.98 Å². The molecule has 7 heteroatoms. The molecule has 1 fully saturated rings. The topological polar surface area (TPSA) is 68.7 Å². The summed E-state index contributed by atoms with van der Waals surface area (Å²) >= 11 is 6.01. The van der Waals surface area contributed by atoms with Gasteiger partial charge in [0.2, 0.25) is 0 Å². The largest absolute Gasteiger partial charge is 0.375 e. The number of nitrogens with two attached hydrogens (primary N) is 1. The lowest BCUT2D eigenvalue weighted by Crippen LogP contribution is -2.47. The Kier molecular flexibility index (Phi) is 4.22. The average Bonchev–Trinajstić information content (AvgIpc) is 2.80. The second-order valence-electron chi connectivity index (χ2n) is 5.52. The smallest absolute Gasteiger partial charge is 0.191 e. The highest BCUT2D eigenvalue weighted by Crippen LogP contribution is 2.20. The molecule has 1 unspecified atom stereocenters. The number of aliphatic imine (C=N–C) groups is 1. The number of hydrogen-bond donors (Lipinski definition) is 1. The van der Waals surface area contributed by atoms with Gasteiger partial charge < -0.3 is 19.9 Å². The van der Waals surface area contributed by atoms with Crippen molar-refractivity contribution < 1.29 is 4.74 Å². The van der Waals surface area contributed by atoms with Crippen LogP contribution >= 0.6 is 11.6 Å². The zero-order valence-electron chi connectivity index (χ0n) is 12.8. The number of imidazole rings is 1. The van der Waals surface area contributed by atoms with Crippen LogP contribution in [-0.4, -0.2) is 46.2 Å². The standard InChI is InChI=1S/C15H20ClN5O/c1-10-9-21(5-6-22-10)15(17)18-8-14-19-12-7-11(16)3-4-13(12)20(14)2/h3-4,7,10H,5-6,8-9H2,1-2H3,(H2,17,18). The highest BCUT2D eigenvalue weighted by molar-refractivity contribution is 6.31. The minimum absolute atomic E-state index is 0.181. The molecule has 0 saturated carbocycles. The van der Waals surface area contributed by atoms with Crippen molar-refractivity contribution in [1.29, 1.82) is 0 Å². The fourth-order valence-electron chi connectivity index (χ4n) is 2.64. The van der Waals surface area contributed by atoms with Gasteiger partial charge in [-0.05, 0) is 25.1 Å². The molecule has 118 valence electrons. The van der Waals surface area contributed by atoms with Gasteiger partial charge in [0.25, 0.3) is 0 Å². The molecule has 1 aromatic carbocycles. The van der Waals surface area contributed by atoms with E-state index in [1.807, 2.05) is 41.6 Å². The Hall–Kier alpha value is -1.79. The highest BCUT2D eigenvalue weighted by atomic mass is 35.5. The zero-order valence-corrected chi connectivity index (χ0v) is 13.5. The van der Waals surface area contributed by atoms with E-state index in [0.29, 0.717) is 24.1 Å². The molecule has 6 nitrogen and oxygen atoms in total. The molecule has 1 saturated heterocycles. The summed E-state index contributed by atoms with van der Waals surface area (Å²) in [5.74, 6) is 1.40. The maximum Gasteiger partial charge on any atom is 0.191 e. The molecule has 22 heavy (non-hydrogen) atoms. The number of hydrogen-bond acceptors (Lipinski definition) is 3. The van der Waals surface area contributed by atoms with Crippen LogP contribution in [0.1, 0.15) is 12.7 Å². The number of halogens is 1. The summed E-state index contributed by atoms with van der Waals surface area (Å²) in [6.07, 6.45) is 0.181. The molecule has 1 aromatic heterocycles. The molecule has 1 aliphatic rings. The SMILES string of the molecule is CC1CN(C(N)=NCc2nc3cc(Cl)ccc3n2C)CCO1. The van der Waals surface area contributed by atoms with Crippen molar-refractivity contribution >= 4 is 28.6 Å². The Bertz CT molecular complexity index is 711. The summed E-state index contributed by atoms with van der Waals surface area (Å²) in [4.78, 5) is 11.1. The summed E-state index contributed by atoms with van der Waals surface area (Å²) in [7, 11) is 1.97. The molecule has 0 bridgehead atoms. The van der Waals surface area contributed by atoms with Gasteiger partial charge in [0.15, 0.2) is 5.96 Å². The Morgan fingerprint density at radius 3 is 3.14 bits per heavy atom. The molecule has 3 rings (SSSR count). The van der Waals surface area contributed by atoms with Gasteiger partial charge in [0, 0.05) is 25.2 Å². The lowest BCUT2D eigenvalue weighted by molar-refractivity contribution is 0.00528. The van der Waals surface area contributed by atoms with Gasteiger partial charge in [0.05, 0.1) is 23.7 Å². The zero-order chi connectivity index (χ0) is 15.7. The minimum Gasteiger partial charge on any atom is -0.375 e. The molecule has 2 aromatic rings. The molecule has 0 amide bonds. The van der Waals surface area contributed by atoms with E-state index in [1.165, 1.54) is 0 Å². The number of guanidine groups is 1. The molecule has 0 aliphatic carbocycles. The first-order valence-corrected chi connectivity index (χ1v) is 7.69. The number of fused-ring (bicyclic) bond motifs is 1. The normalized spacial score (nSPS) is 19.9. The van der Waals surface area contributed by atoms with Crippen LogP contribution in [0.5, 0.6) is 0 Å².